The molecule has 1 aromatic rings. The molecular formula is C8H6Cl2FNO3. The van der Waals surface area contributed by atoms with Crippen molar-refractivity contribution in [3.8, 4) is 5.75 Å². The van der Waals surface area contributed by atoms with Crippen LogP contribution in [0.4, 0.5) is 14.9 Å². The molecule has 0 heterocycles. The van der Waals surface area contributed by atoms with Gasteiger partial charge in [0.1, 0.15) is 10.8 Å². The van der Waals surface area contributed by atoms with Gasteiger partial charge < -0.3 is 15.2 Å². The van der Waals surface area contributed by atoms with Crippen LogP contribution in [0.2, 0.25) is 10.0 Å². The van der Waals surface area contributed by atoms with Gasteiger partial charge in [0.2, 0.25) is 0 Å². The molecule has 0 saturated carbocycles. The molecule has 0 aliphatic carbocycles. The zero-order chi connectivity index (χ0) is 11.6. The van der Waals surface area contributed by atoms with E-state index in [4.69, 9.17) is 28.9 Å². The van der Waals surface area contributed by atoms with E-state index >= 15 is 0 Å². The second-order valence-electron chi connectivity index (χ2n) is 2.45. The lowest BCUT2D eigenvalue weighted by Crippen LogP contribution is -2.09. The molecule has 15 heavy (non-hydrogen) atoms. The van der Waals surface area contributed by atoms with Crippen LogP contribution < -0.4 is 10.5 Å². The van der Waals surface area contributed by atoms with Gasteiger partial charge in [-0.1, -0.05) is 23.2 Å². The predicted octanol–water partition coefficient (Wildman–Crippen LogP) is 2.86. The lowest BCUT2D eigenvalue weighted by molar-refractivity contribution is 0.121. The van der Waals surface area contributed by atoms with Crippen LogP contribution in [0.25, 0.3) is 0 Å². The maximum absolute atomic E-state index is 13.0. The highest BCUT2D eigenvalue weighted by molar-refractivity contribution is 6.39. The first-order chi connectivity index (χ1) is 6.97. The summed E-state index contributed by atoms with van der Waals surface area (Å²) >= 11 is 11.2. The summed E-state index contributed by atoms with van der Waals surface area (Å²) in [5, 5.41) is -0.442. The van der Waals surface area contributed by atoms with Gasteiger partial charge in [0, 0.05) is 0 Å². The summed E-state index contributed by atoms with van der Waals surface area (Å²) in [7, 11) is 1.11. The molecule has 0 unspecified atom stereocenters. The molecule has 0 spiro atoms. The smallest absolute Gasteiger partial charge is 0.437 e. The molecule has 1 aromatic carbocycles. The molecule has 4 nitrogen and oxygen atoms in total. The van der Waals surface area contributed by atoms with Crippen molar-refractivity contribution in [3.63, 3.8) is 0 Å². The zero-order valence-electron chi connectivity index (χ0n) is 7.51. The average Bonchev–Trinajstić information content (AvgIpc) is 2.21. The fourth-order valence-electron chi connectivity index (χ4n) is 0.805. The Bertz CT molecular complexity index is 411. The highest BCUT2D eigenvalue weighted by atomic mass is 35.5. The van der Waals surface area contributed by atoms with Crippen molar-refractivity contribution in [2.75, 3.05) is 12.8 Å². The van der Waals surface area contributed by atoms with Crippen molar-refractivity contribution in [2.45, 2.75) is 0 Å². The summed E-state index contributed by atoms with van der Waals surface area (Å²) in [6.45, 7) is 0. The molecule has 0 aromatic heterocycles. The van der Waals surface area contributed by atoms with Crippen LogP contribution in [0, 0.1) is 5.82 Å². The third-order valence-corrected chi connectivity index (χ3v) is 2.17. The number of hydrogen-bond acceptors (Lipinski definition) is 4. The molecule has 0 amide bonds. The number of ether oxygens (including phenoxy) is 2. The number of benzene rings is 1. The second kappa shape index (κ2) is 4.55. The molecule has 1 rings (SSSR count). The van der Waals surface area contributed by atoms with Gasteiger partial charge in [0.05, 0.1) is 17.8 Å². The minimum absolute atomic E-state index is 0.169. The maximum atomic E-state index is 13.0. The van der Waals surface area contributed by atoms with Gasteiger partial charge in [-0.15, -0.1) is 0 Å². The highest BCUT2D eigenvalue weighted by Gasteiger charge is 2.18. The normalized spacial score (nSPS) is 9.87. The number of methoxy groups -OCH3 is 1. The van der Waals surface area contributed by atoms with Crippen LogP contribution >= 0.6 is 23.2 Å². The van der Waals surface area contributed by atoms with Gasteiger partial charge in [-0.2, -0.15) is 0 Å². The number of carbonyl (C=O) groups is 1. The highest BCUT2D eigenvalue weighted by Crippen LogP contribution is 2.38. The number of hydrogen-bond donors (Lipinski definition) is 1. The van der Waals surface area contributed by atoms with Gasteiger partial charge >= 0.3 is 6.16 Å². The summed E-state index contributed by atoms with van der Waals surface area (Å²) in [5.74, 6) is -1.02. The van der Waals surface area contributed by atoms with Crippen molar-refractivity contribution >= 4 is 35.0 Å². The summed E-state index contributed by atoms with van der Waals surface area (Å²) < 4.78 is 21.8. The summed E-state index contributed by atoms with van der Waals surface area (Å²) in [6, 6.07) is 0.890. The molecule has 0 aliphatic heterocycles. The maximum Gasteiger partial charge on any atom is 0.513 e. The minimum atomic E-state index is -1.02. The van der Waals surface area contributed by atoms with Gasteiger partial charge in [-0.3, -0.25) is 0 Å². The first kappa shape index (κ1) is 11.9. The Morgan fingerprint density at radius 2 is 2.13 bits per heavy atom. The Morgan fingerprint density at radius 3 is 2.67 bits per heavy atom. The molecule has 82 valence electrons. The number of rotatable bonds is 1. The Kier molecular flexibility index (Phi) is 3.60. The van der Waals surface area contributed by atoms with Crippen LogP contribution in [0.3, 0.4) is 0 Å². The molecule has 0 aliphatic rings. The average molecular weight is 254 g/mol. The van der Waals surface area contributed by atoms with Crippen molar-refractivity contribution in [3.05, 3.63) is 21.9 Å². The Labute approximate surface area is 94.7 Å². The van der Waals surface area contributed by atoms with E-state index in [1.807, 2.05) is 0 Å². The monoisotopic (exact) mass is 253 g/mol. The topological polar surface area (TPSA) is 61.5 Å². The third kappa shape index (κ3) is 2.43. The number of nitrogen functional groups attached to an aromatic ring is 1. The van der Waals surface area contributed by atoms with Crippen LogP contribution in [0.15, 0.2) is 6.07 Å². The fraction of sp³-hybridized carbons (Fsp3) is 0.125. The Morgan fingerprint density at radius 1 is 1.53 bits per heavy atom. The molecule has 0 bridgehead atoms. The Balaban J connectivity index is 3.18. The molecule has 2 N–H and O–H groups in total. The van der Waals surface area contributed by atoms with Gasteiger partial charge in [-0.25, -0.2) is 9.18 Å². The van der Waals surface area contributed by atoms with Gasteiger partial charge in [0.15, 0.2) is 5.75 Å². The lowest BCUT2D eigenvalue weighted by Gasteiger charge is -2.09. The van der Waals surface area contributed by atoms with Crippen LogP contribution in [0.5, 0.6) is 5.75 Å². The quantitative estimate of drug-likeness (QED) is 0.475. The number of anilines is 1. The fourth-order valence-corrected chi connectivity index (χ4v) is 1.31. The van der Waals surface area contributed by atoms with Crippen molar-refractivity contribution in [1.29, 1.82) is 0 Å². The molecule has 0 atom stereocenters. The standard InChI is InChI=1S/C8H6Cl2FNO3/c1-14-8(13)15-7-3(9)2-4(11)6(12)5(7)10/h2H,12H2,1H3. The second-order valence-corrected chi connectivity index (χ2v) is 3.24. The van der Waals surface area contributed by atoms with E-state index in [0.29, 0.717) is 0 Å². The minimum Gasteiger partial charge on any atom is -0.437 e. The number of nitrogens with two attached hydrogens (primary N) is 1. The molecule has 0 radical (unpaired) electrons. The molecule has 0 fully saturated rings. The first-order valence-corrected chi connectivity index (χ1v) is 4.41. The van der Waals surface area contributed by atoms with E-state index in [1.165, 1.54) is 0 Å². The molecular weight excluding hydrogens is 248 g/mol. The largest absolute Gasteiger partial charge is 0.513 e. The third-order valence-electron chi connectivity index (χ3n) is 1.52. The van der Waals surface area contributed by atoms with E-state index in [2.05, 4.69) is 9.47 Å². The number of carbonyl (C=O) groups excluding carboxylic acids is 1. The van der Waals surface area contributed by atoms with E-state index in [9.17, 15) is 9.18 Å². The van der Waals surface area contributed by atoms with Gasteiger partial charge in [-0.05, 0) is 6.07 Å². The Hall–Kier alpha value is -1.20. The van der Waals surface area contributed by atoms with Gasteiger partial charge in [0.25, 0.3) is 0 Å². The first-order valence-electron chi connectivity index (χ1n) is 3.66. The summed E-state index contributed by atoms with van der Waals surface area (Å²) in [5.41, 5.74) is 4.92. The van der Waals surface area contributed by atoms with E-state index in [-0.39, 0.29) is 21.5 Å². The van der Waals surface area contributed by atoms with E-state index < -0.39 is 12.0 Å². The predicted molar refractivity (Wildman–Crippen MR) is 53.9 cm³/mol. The van der Waals surface area contributed by atoms with Crippen LogP contribution in [-0.4, -0.2) is 13.3 Å². The molecule has 7 heteroatoms. The van der Waals surface area contributed by atoms with Crippen molar-refractivity contribution < 1.29 is 18.7 Å². The van der Waals surface area contributed by atoms with Crippen LogP contribution in [0.1, 0.15) is 0 Å². The van der Waals surface area contributed by atoms with E-state index in [0.717, 1.165) is 13.2 Å². The van der Waals surface area contributed by atoms with Crippen molar-refractivity contribution in [2.24, 2.45) is 0 Å². The number of halogens is 3. The summed E-state index contributed by atoms with van der Waals surface area (Å²) in [4.78, 5) is 10.8. The summed E-state index contributed by atoms with van der Waals surface area (Å²) in [6.07, 6.45) is -1.02. The molecule has 0 saturated heterocycles. The van der Waals surface area contributed by atoms with Crippen molar-refractivity contribution in [1.82, 2.24) is 0 Å². The SMILES string of the molecule is COC(=O)Oc1c(Cl)cc(F)c(N)c1Cl. The lowest BCUT2D eigenvalue weighted by atomic mass is 10.3. The zero-order valence-corrected chi connectivity index (χ0v) is 9.03. The van der Waals surface area contributed by atoms with E-state index in [1.54, 1.807) is 0 Å². The van der Waals surface area contributed by atoms with Crippen LogP contribution in [-0.2, 0) is 4.74 Å².